The van der Waals surface area contributed by atoms with Crippen molar-refractivity contribution in [2.45, 2.75) is 25.7 Å². The molecule has 2 heterocycles. The number of nitrogens with zero attached hydrogens (tertiary/aromatic N) is 3. The number of pyridine rings is 1. The van der Waals surface area contributed by atoms with E-state index in [2.05, 4.69) is 17.2 Å². The molecule has 2 aromatic heterocycles. The summed E-state index contributed by atoms with van der Waals surface area (Å²) in [6.45, 7) is 1.90. The van der Waals surface area contributed by atoms with E-state index in [1.807, 2.05) is 32.2 Å². The maximum absolute atomic E-state index is 12.7. The number of hydrogen-bond acceptors (Lipinski definition) is 4. The van der Waals surface area contributed by atoms with Gasteiger partial charge in [0.2, 0.25) is 0 Å². The number of hydrogen-bond donors (Lipinski definition) is 1. The lowest BCUT2D eigenvalue weighted by molar-refractivity contribution is 0.0964. The first-order chi connectivity index (χ1) is 11.1. The first kappa shape index (κ1) is 13.9. The lowest BCUT2D eigenvalue weighted by Crippen LogP contribution is -2.22. The predicted octanol–water partition coefficient (Wildman–Crippen LogP) is 2.77. The smallest absolute Gasteiger partial charge is 0.167 e. The number of fused-ring (bicyclic) bond motifs is 2. The Kier molecular flexibility index (Phi) is 2.98. The third-order valence-corrected chi connectivity index (χ3v) is 4.68. The van der Waals surface area contributed by atoms with E-state index in [0.29, 0.717) is 17.7 Å². The van der Waals surface area contributed by atoms with Gasteiger partial charge in [0.25, 0.3) is 0 Å². The molecule has 4 rings (SSSR count). The highest BCUT2D eigenvalue weighted by atomic mass is 16.1. The van der Waals surface area contributed by atoms with E-state index in [1.165, 1.54) is 5.56 Å². The number of anilines is 1. The fraction of sp³-hybridized carbons (Fsp3) is 0.278. The van der Waals surface area contributed by atoms with Crippen molar-refractivity contribution in [3.63, 3.8) is 0 Å². The molecule has 23 heavy (non-hydrogen) atoms. The van der Waals surface area contributed by atoms with Crippen LogP contribution in [0, 0.1) is 6.92 Å². The van der Waals surface area contributed by atoms with E-state index in [4.69, 9.17) is 10.7 Å². The van der Waals surface area contributed by atoms with Gasteiger partial charge in [-0.1, -0.05) is 30.3 Å². The number of ketones is 1. The third-order valence-electron chi connectivity index (χ3n) is 4.68. The van der Waals surface area contributed by atoms with Crippen LogP contribution in [0.15, 0.2) is 30.3 Å². The number of Topliss-reactive ketones (excluding diaryl/α,β-unsaturated/α-hetero) is 1. The van der Waals surface area contributed by atoms with Gasteiger partial charge in [0.1, 0.15) is 0 Å². The minimum atomic E-state index is 0.0789. The van der Waals surface area contributed by atoms with Crippen molar-refractivity contribution in [2.75, 3.05) is 5.73 Å². The van der Waals surface area contributed by atoms with Crippen LogP contribution in [-0.2, 0) is 13.5 Å². The monoisotopic (exact) mass is 306 g/mol. The number of nitrogens with two attached hydrogens (primary N) is 1. The van der Waals surface area contributed by atoms with Gasteiger partial charge in [-0.25, -0.2) is 4.98 Å². The number of nitrogen functional groups attached to an aromatic ring is 1. The standard InChI is InChI=1S/C18H18N4O/c1-10-15-17(19)16-13(20-18(15)22(2)21-10)8-12(9-14(16)23)11-6-4-3-5-7-11/h3-7,12H,8-9H2,1-2H3,(H2,19,20). The summed E-state index contributed by atoms with van der Waals surface area (Å²) in [5, 5.41) is 5.19. The SMILES string of the molecule is Cc1nn(C)c2nc3c(c(N)c12)C(=O)CC(c1ccccc1)C3. The Bertz CT molecular complexity index is 927. The zero-order chi connectivity index (χ0) is 16.1. The van der Waals surface area contributed by atoms with E-state index in [0.717, 1.165) is 28.8 Å². The zero-order valence-electron chi connectivity index (χ0n) is 13.2. The van der Waals surface area contributed by atoms with Crippen LogP contribution in [-0.4, -0.2) is 20.5 Å². The highest BCUT2D eigenvalue weighted by molar-refractivity contribution is 6.09. The molecule has 116 valence electrons. The van der Waals surface area contributed by atoms with Gasteiger partial charge in [0.05, 0.1) is 28.0 Å². The third kappa shape index (κ3) is 2.04. The molecule has 0 fully saturated rings. The average molecular weight is 306 g/mol. The quantitative estimate of drug-likeness (QED) is 0.750. The normalized spacial score (nSPS) is 17.5. The lowest BCUT2D eigenvalue weighted by Gasteiger charge is -2.24. The Morgan fingerprint density at radius 1 is 1.22 bits per heavy atom. The van der Waals surface area contributed by atoms with E-state index >= 15 is 0 Å². The van der Waals surface area contributed by atoms with Crippen LogP contribution >= 0.6 is 0 Å². The summed E-state index contributed by atoms with van der Waals surface area (Å²) in [5.41, 5.74) is 11.0. The first-order valence-electron chi connectivity index (χ1n) is 7.76. The molecule has 1 aliphatic rings. The van der Waals surface area contributed by atoms with Crippen molar-refractivity contribution in [3.05, 3.63) is 52.8 Å². The largest absolute Gasteiger partial charge is 0.397 e. The molecule has 5 nitrogen and oxygen atoms in total. The molecule has 1 aromatic carbocycles. The summed E-state index contributed by atoms with van der Waals surface area (Å²) >= 11 is 0. The number of aromatic nitrogens is 3. The molecule has 3 aromatic rings. The van der Waals surface area contributed by atoms with Crippen molar-refractivity contribution < 1.29 is 4.79 Å². The molecule has 1 atom stereocenters. The molecule has 0 spiro atoms. The second-order valence-corrected chi connectivity index (χ2v) is 6.19. The van der Waals surface area contributed by atoms with Gasteiger partial charge >= 0.3 is 0 Å². The van der Waals surface area contributed by atoms with Gasteiger partial charge in [-0.2, -0.15) is 5.10 Å². The van der Waals surface area contributed by atoms with Crippen molar-refractivity contribution in [3.8, 4) is 0 Å². The van der Waals surface area contributed by atoms with Gasteiger partial charge in [-0.05, 0) is 24.8 Å². The van der Waals surface area contributed by atoms with E-state index in [9.17, 15) is 4.79 Å². The van der Waals surface area contributed by atoms with E-state index < -0.39 is 0 Å². The highest BCUT2D eigenvalue weighted by Crippen LogP contribution is 2.37. The molecule has 0 saturated heterocycles. The molecular formula is C18H18N4O. The molecule has 0 saturated carbocycles. The van der Waals surface area contributed by atoms with Gasteiger partial charge in [-0.15, -0.1) is 0 Å². The Hall–Kier alpha value is -2.69. The summed E-state index contributed by atoms with van der Waals surface area (Å²) in [6, 6.07) is 10.1. The minimum absolute atomic E-state index is 0.0789. The molecular weight excluding hydrogens is 288 g/mol. The summed E-state index contributed by atoms with van der Waals surface area (Å²) in [4.78, 5) is 17.4. The lowest BCUT2D eigenvalue weighted by atomic mass is 9.81. The number of carbonyl (C=O) groups is 1. The number of carbonyl (C=O) groups excluding carboxylic acids is 1. The van der Waals surface area contributed by atoms with E-state index in [1.54, 1.807) is 4.68 Å². The molecule has 5 heteroatoms. The highest BCUT2D eigenvalue weighted by Gasteiger charge is 2.31. The van der Waals surface area contributed by atoms with Gasteiger partial charge in [0.15, 0.2) is 11.4 Å². The second-order valence-electron chi connectivity index (χ2n) is 6.19. The maximum Gasteiger partial charge on any atom is 0.167 e. The van der Waals surface area contributed by atoms with Gasteiger partial charge < -0.3 is 5.73 Å². The Labute approximate surface area is 134 Å². The molecule has 1 aliphatic carbocycles. The minimum Gasteiger partial charge on any atom is -0.397 e. The summed E-state index contributed by atoms with van der Waals surface area (Å²) in [7, 11) is 1.85. The fourth-order valence-corrected chi connectivity index (χ4v) is 3.60. The van der Waals surface area contributed by atoms with Crippen LogP contribution in [0.3, 0.4) is 0 Å². The van der Waals surface area contributed by atoms with Crippen LogP contribution in [0.5, 0.6) is 0 Å². The molecule has 0 radical (unpaired) electrons. The first-order valence-corrected chi connectivity index (χ1v) is 7.76. The van der Waals surface area contributed by atoms with Crippen molar-refractivity contribution in [2.24, 2.45) is 7.05 Å². The summed E-state index contributed by atoms with van der Waals surface area (Å²) < 4.78 is 1.73. The predicted molar refractivity (Wildman–Crippen MR) is 89.5 cm³/mol. The van der Waals surface area contributed by atoms with Crippen LogP contribution in [0.25, 0.3) is 11.0 Å². The summed E-state index contributed by atoms with van der Waals surface area (Å²) in [5.74, 6) is 0.241. The van der Waals surface area contributed by atoms with Gasteiger partial charge in [-0.3, -0.25) is 9.48 Å². The average Bonchev–Trinajstić information content (AvgIpc) is 2.82. The van der Waals surface area contributed by atoms with E-state index in [-0.39, 0.29) is 11.7 Å². The van der Waals surface area contributed by atoms with Crippen molar-refractivity contribution in [1.29, 1.82) is 0 Å². The molecule has 0 bridgehead atoms. The molecule has 0 aliphatic heterocycles. The van der Waals surface area contributed by atoms with Crippen LogP contribution in [0.1, 0.15) is 39.6 Å². The second kappa shape index (κ2) is 4.91. The molecule has 0 amide bonds. The Morgan fingerprint density at radius 3 is 2.70 bits per heavy atom. The number of rotatable bonds is 1. The van der Waals surface area contributed by atoms with Crippen molar-refractivity contribution in [1.82, 2.24) is 14.8 Å². The Balaban J connectivity index is 1.89. The Morgan fingerprint density at radius 2 is 1.96 bits per heavy atom. The summed E-state index contributed by atoms with van der Waals surface area (Å²) in [6.07, 6.45) is 1.21. The zero-order valence-corrected chi connectivity index (χ0v) is 13.2. The number of benzene rings is 1. The fourth-order valence-electron chi connectivity index (χ4n) is 3.60. The van der Waals surface area contributed by atoms with Crippen LogP contribution < -0.4 is 5.73 Å². The van der Waals surface area contributed by atoms with Gasteiger partial charge in [0, 0.05) is 13.5 Å². The van der Waals surface area contributed by atoms with Crippen molar-refractivity contribution >= 4 is 22.5 Å². The number of aryl methyl sites for hydroxylation is 2. The maximum atomic E-state index is 12.7. The molecule has 1 unspecified atom stereocenters. The van der Waals surface area contributed by atoms with Crippen LogP contribution in [0.4, 0.5) is 5.69 Å². The molecule has 2 N–H and O–H groups in total. The van der Waals surface area contributed by atoms with Crippen LogP contribution in [0.2, 0.25) is 0 Å². The topological polar surface area (TPSA) is 73.8 Å².